The number of aliphatic hydroxyl groups is 2. The first-order valence-corrected chi connectivity index (χ1v) is 14.9. The van der Waals surface area contributed by atoms with E-state index in [1.165, 1.54) is 25.1 Å². The first kappa shape index (κ1) is 31.2. The monoisotopic (exact) mass is 614 g/mol. The molecule has 3 aromatic carbocycles. The Kier molecular flexibility index (Phi) is 8.73. The van der Waals surface area contributed by atoms with Gasteiger partial charge in [0.25, 0.3) is 0 Å². The molecular formula is C33H37ClF2N2O5. The van der Waals surface area contributed by atoms with Crippen molar-refractivity contribution < 1.29 is 33.3 Å². The van der Waals surface area contributed by atoms with Crippen LogP contribution in [0.2, 0.25) is 5.02 Å². The van der Waals surface area contributed by atoms with Crippen molar-refractivity contribution >= 4 is 17.5 Å². The Hall–Kier alpha value is -3.24. The number of nitrogens with two attached hydrogens (primary N) is 1. The fourth-order valence-electron chi connectivity index (χ4n) is 6.28. The molecule has 0 aromatic heterocycles. The molecule has 1 aliphatic carbocycles. The second-order valence-corrected chi connectivity index (χ2v) is 12.4. The molecule has 3 aromatic rings. The molecule has 5 rings (SSSR count). The standard InChI is InChI=1S/C33H37ClF2N2O5/c1-18(39)16-42-24-10-9-22(31(37)40)27(30(24)36)28-26-19(2)33(20-7-5-4-6-8-20,43-25(26)15-23(35)29(28)34)17-38-21-11-13-32(3,41)14-12-21/h4-10,15,18-19,21,38-39,41H,11-14,16-17H2,1-3H3,(H2,37,40)/t18-,19?,21?,32?,33?/m0/s1. The van der Waals surface area contributed by atoms with Crippen LogP contribution in [0, 0.1) is 11.6 Å². The minimum absolute atomic E-state index is 0.0375. The number of carbonyl (C=O) groups excluding carboxylic acids is 1. The maximum Gasteiger partial charge on any atom is 0.249 e. The molecule has 1 fully saturated rings. The lowest BCUT2D eigenvalue weighted by molar-refractivity contribution is 0.00890. The van der Waals surface area contributed by atoms with Crippen molar-refractivity contribution in [2.24, 2.45) is 5.73 Å². The number of amides is 1. The number of halogens is 3. The van der Waals surface area contributed by atoms with Gasteiger partial charge in [0.15, 0.2) is 17.2 Å². The summed E-state index contributed by atoms with van der Waals surface area (Å²) in [5.41, 5.74) is 4.65. The lowest BCUT2D eigenvalue weighted by atomic mass is 9.77. The Bertz CT molecular complexity index is 1510. The van der Waals surface area contributed by atoms with Gasteiger partial charge in [-0.3, -0.25) is 4.79 Å². The number of primary amides is 1. The molecule has 10 heteroatoms. The Morgan fingerprint density at radius 2 is 1.86 bits per heavy atom. The van der Waals surface area contributed by atoms with Gasteiger partial charge in [-0.1, -0.05) is 48.9 Å². The van der Waals surface area contributed by atoms with Crippen LogP contribution in [0.25, 0.3) is 11.1 Å². The van der Waals surface area contributed by atoms with E-state index in [1.54, 1.807) is 0 Å². The third-order valence-electron chi connectivity index (χ3n) is 8.73. The number of hydrogen-bond donors (Lipinski definition) is 4. The zero-order valence-electron chi connectivity index (χ0n) is 24.4. The molecule has 1 amide bonds. The molecule has 2 unspecified atom stereocenters. The van der Waals surface area contributed by atoms with Gasteiger partial charge in [-0.15, -0.1) is 0 Å². The molecule has 5 N–H and O–H groups in total. The van der Waals surface area contributed by atoms with Crippen LogP contribution in [0.3, 0.4) is 0 Å². The maximum absolute atomic E-state index is 16.2. The maximum atomic E-state index is 16.2. The average molecular weight is 615 g/mol. The number of fused-ring (bicyclic) bond motifs is 1. The van der Waals surface area contributed by atoms with Crippen molar-refractivity contribution in [3.63, 3.8) is 0 Å². The molecule has 43 heavy (non-hydrogen) atoms. The van der Waals surface area contributed by atoms with Gasteiger partial charge < -0.3 is 30.7 Å². The van der Waals surface area contributed by atoms with Crippen LogP contribution in [0.1, 0.15) is 73.9 Å². The van der Waals surface area contributed by atoms with E-state index < -0.39 is 40.8 Å². The SMILES string of the molecule is CC1c2c(cc(F)c(Cl)c2-c2c(C(N)=O)ccc(OC[C@H](C)O)c2F)OC1(CNC1CCC(C)(O)CC1)c1ccccc1. The van der Waals surface area contributed by atoms with E-state index in [1.807, 2.05) is 44.2 Å². The van der Waals surface area contributed by atoms with Gasteiger partial charge in [0.1, 0.15) is 18.2 Å². The van der Waals surface area contributed by atoms with Crippen molar-refractivity contribution in [1.82, 2.24) is 5.32 Å². The molecule has 0 spiro atoms. The topological polar surface area (TPSA) is 114 Å². The summed E-state index contributed by atoms with van der Waals surface area (Å²) >= 11 is 6.60. The van der Waals surface area contributed by atoms with E-state index >= 15 is 8.78 Å². The number of aliphatic hydroxyl groups excluding tert-OH is 1. The number of rotatable bonds is 9. The summed E-state index contributed by atoms with van der Waals surface area (Å²) in [6.07, 6.45) is 1.98. The van der Waals surface area contributed by atoms with Crippen LogP contribution in [-0.2, 0) is 5.60 Å². The molecule has 0 saturated heterocycles. The molecule has 1 saturated carbocycles. The molecule has 1 heterocycles. The van der Waals surface area contributed by atoms with Crippen molar-refractivity contribution in [2.75, 3.05) is 13.2 Å². The number of ether oxygens (including phenoxy) is 2. The summed E-state index contributed by atoms with van der Waals surface area (Å²) in [5.74, 6) is -3.31. The van der Waals surface area contributed by atoms with Gasteiger partial charge in [0.05, 0.1) is 22.3 Å². The van der Waals surface area contributed by atoms with E-state index in [0.29, 0.717) is 24.9 Å². The molecule has 0 radical (unpaired) electrons. The van der Waals surface area contributed by atoms with Crippen LogP contribution in [0.15, 0.2) is 48.5 Å². The molecule has 7 nitrogen and oxygen atoms in total. The summed E-state index contributed by atoms with van der Waals surface area (Å²) < 4.78 is 43.9. The lowest BCUT2D eigenvalue weighted by Gasteiger charge is -2.38. The quantitative estimate of drug-likeness (QED) is 0.242. The van der Waals surface area contributed by atoms with E-state index in [0.717, 1.165) is 18.4 Å². The molecular weight excluding hydrogens is 578 g/mol. The van der Waals surface area contributed by atoms with Crippen molar-refractivity contribution in [3.8, 4) is 22.6 Å². The van der Waals surface area contributed by atoms with Crippen LogP contribution in [0.4, 0.5) is 8.78 Å². The van der Waals surface area contributed by atoms with E-state index in [4.69, 9.17) is 26.8 Å². The third-order valence-corrected chi connectivity index (χ3v) is 9.10. The Labute approximate surface area is 255 Å². The van der Waals surface area contributed by atoms with E-state index in [-0.39, 0.29) is 45.9 Å². The van der Waals surface area contributed by atoms with Crippen molar-refractivity contribution in [1.29, 1.82) is 0 Å². The zero-order chi connectivity index (χ0) is 31.1. The van der Waals surface area contributed by atoms with E-state index in [2.05, 4.69) is 5.32 Å². The van der Waals surface area contributed by atoms with Crippen LogP contribution >= 0.6 is 11.6 Å². The normalized spacial score (nSPS) is 25.6. The highest BCUT2D eigenvalue weighted by Gasteiger charge is 2.50. The van der Waals surface area contributed by atoms with Crippen LogP contribution in [-0.4, -0.2) is 47.0 Å². The second kappa shape index (κ2) is 12.0. The molecule has 2 aliphatic rings. The van der Waals surface area contributed by atoms with Gasteiger partial charge in [-0.05, 0) is 57.2 Å². The zero-order valence-corrected chi connectivity index (χ0v) is 25.2. The number of nitrogens with one attached hydrogen (secondary N) is 1. The van der Waals surface area contributed by atoms with Gasteiger partial charge in [0.2, 0.25) is 5.91 Å². The van der Waals surface area contributed by atoms with Gasteiger partial charge in [-0.2, -0.15) is 0 Å². The minimum Gasteiger partial charge on any atom is -0.488 e. The molecule has 0 bridgehead atoms. The summed E-state index contributed by atoms with van der Waals surface area (Å²) in [6.45, 7) is 5.36. The largest absolute Gasteiger partial charge is 0.488 e. The molecule has 3 atom stereocenters. The van der Waals surface area contributed by atoms with Crippen LogP contribution in [0.5, 0.6) is 11.5 Å². The molecule has 230 valence electrons. The average Bonchev–Trinajstić information content (AvgIpc) is 3.24. The first-order chi connectivity index (χ1) is 20.3. The van der Waals surface area contributed by atoms with Crippen LogP contribution < -0.4 is 20.5 Å². The van der Waals surface area contributed by atoms with Gasteiger partial charge >= 0.3 is 0 Å². The summed E-state index contributed by atoms with van der Waals surface area (Å²) in [7, 11) is 0. The minimum atomic E-state index is -1.04. The van der Waals surface area contributed by atoms with Crippen molar-refractivity contribution in [2.45, 2.75) is 75.7 Å². The number of hydrogen-bond acceptors (Lipinski definition) is 6. The highest BCUT2D eigenvalue weighted by Crippen LogP contribution is 2.56. The van der Waals surface area contributed by atoms with Gasteiger partial charge in [-0.25, -0.2) is 8.78 Å². The second-order valence-electron chi connectivity index (χ2n) is 12.0. The number of benzene rings is 3. The Morgan fingerprint density at radius 3 is 2.49 bits per heavy atom. The molecule has 1 aliphatic heterocycles. The number of carbonyl (C=O) groups is 1. The third kappa shape index (κ3) is 5.96. The predicted octanol–water partition coefficient (Wildman–Crippen LogP) is 5.82. The van der Waals surface area contributed by atoms with Gasteiger partial charge in [0, 0.05) is 41.3 Å². The summed E-state index contributed by atoms with van der Waals surface area (Å²) in [6, 6.07) is 13.4. The Morgan fingerprint density at radius 1 is 1.19 bits per heavy atom. The summed E-state index contributed by atoms with van der Waals surface area (Å²) in [4.78, 5) is 12.6. The predicted molar refractivity (Wildman–Crippen MR) is 161 cm³/mol. The smallest absolute Gasteiger partial charge is 0.249 e. The lowest BCUT2D eigenvalue weighted by Crippen LogP contribution is -2.49. The fourth-order valence-corrected chi connectivity index (χ4v) is 6.53. The first-order valence-electron chi connectivity index (χ1n) is 14.5. The fraction of sp³-hybridized carbons (Fsp3) is 0.424. The summed E-state index contributed by atoms with van der Waals surface area (Å²) in [5, 5.41) is 23.4. The van der Waals surface area contributed by atoms with Crippen molar-refractivity contribution in [3.05, 3.63) is 81.9 Å². The highest BCUT2D eigenvalue weighted by molar-refractivity contribution is 6.34. The van der Waals surface area contributed by atoms with E-state index in [9.17, 15) is 15.0 Å². The Balaban J connectivity index is 1.64. The highest BCUT2D eigenvalue weighted by atomic mass is 35.5.